The number of hydrogen-bond acceptors (Lipinski definition) is 4. The third-order valence-electron chi connectivity index (χ3n) is 4.14. The average molecular weight is 330 g/mol. The summed E-state index contributed by atoms with van der Waals surface area (Å²) >= 11 is 3.10. The molecule has 0 saturated heterocycles. The Kier molecular flexibility index (Phi) is 4.32. The van der Waals surface area contributed by atoms with E-state index in [-0.39, 0.29) is 5.91 Å². The lowest BCUT2D eigenvalue weighted by Crippen LogP contribution is -2.10. The first-order valence-electron chi connectivity index (χ1n) is 7.59. The molecule has 1 N–H and O–H groups in total. The zero-order valence-electron chi connectivity index (χ0n) is 12.8. The number of hydrogen-bond donors (Lipinski definition) is 1. The minimum absolute atomic E-state index is 0.0945. The molecule has 114 valence electrons. The number of anilines is 1. The van der Waals surface area contributed by atoms with E-state index in [0.29, 0.717) is 5.56 Å². The molecule has 3 rings (SSSR count). The molecule has 0 aromatic carbocycles. The van der Waals surface area contributed by atoms with E-state index in [1.807, 2.05) is 13.0 Å². The monoisotopic (exact) mass is 330 g/mol. The van der Waals surface area contributed by atoms with Gasteiger partial charge >= 0.3 is 0 Å². The number of nitriles is 1. The van der Waals surface area contributed by atoms with Crippen LogP contribution in [0.1, 0.15) is 55.9 Å². The molecule has 1 aliphatic rings. The first-order valence-corrected chi connectivity index (χ1v) is 9.22. The molecule has 0 fully saturated rings. The molecule has 5 heteroatoms. The van der Waals surface area contributed by atoms with Gasteiger partial charge in [0.15, 0.2) is 0 Å². The van der Waals surface area contributed by atoms with E-state index >= 15 is 0 Å². The van der Waals surface area contributed by atoms with Gasteiger partial charge in [-0.25, -0.2) is 0 Å². The zero-order valence-corrected chi connectivity index (χ0v) is 14.4. The molecule has 2 aromatic heterocycles. The molecule has 1 amide bonds. The van der Waals surface area contributed by atoms with E-state index in [4.69, 9.17) is 0 Å². The quantitative estimate of drug-likeness (QED) is 0.888. The van der Waals surface area contributed by atoms with Gasteiger partial charge in [-0.3, -0.25) is 4.79 Å². The molecule has 2 aromatic rings. The molecule has 0 atom stereocenters. The maximum atomic E-state index is 12.5. The van der Waals surface area contributed by atoms with Crippen LogP contribution in [-0.4, -0.2) is 5.91 Å². The van der Waals surface area contributed by atoms with Crippen LogP contribution in [0.15, 0.2) is 6.07 Å². The molecule has 0 spiro atoms. The second kappa shape index (κ2) is 6.23. The Balaban J connectivity index is 1.88. The van der Waals surface area contributed by atoms with Crippen LogP contribution in [0, 0.1) is 18.3 Å². The summed E-state index contributed by atoms with van der Waals surface area (Å²) < 4.78 is 0. The van der Waals surface area contributed by atoms with Gasteiger partial charge in [-0.2, -0.15) is 5.26 Å². The van der Waals surface area contributed by atoms with Gasteiger partial charge in [-0.1, -0.05) is 6.92 Å². The van der Waals surface area contributed by atoms with Gasteiger partial charge < -0.3 is 5.32 Å². The van der Waals surface area contributed by atoms with Crippen LogP contribution < -0.4 is 5.32 Å². The number of nitrogens with zero attached hydrogens (tertiary/aromatic N) is 1. The Hall–Kier alpha value is -1.64. The fourth-order valence-corrected chi connectivity index (χ4v) is 5.16. The van der Waals surface area contributed by atoms with Crippen LogP contribution in [-0.2, 0) is 19.3 Å². The smallest absolute Gasteiger partial charge is 0.266 e. The van der Waals surface area contributed by atoms with E-state index in [0.717, 1.165) is 41.1 Å². The van der Waals surface area contributed by atoms with Crippen LogP contribution >= 0.6 is 22.7 Å². The van der Waals surface area contributed by atoms with Gasteiger partial charge in [-0.05, 0) is 56.2 Å². The third-order valence-corrected chi connectivity index (χ3v) is 6.43. The number of rotatable bonds is 3. The van der Waals surface area contributed by atoms with Gasteiger partial charge in [0.05, 0.1) is 10.4 Å². The summed E-state index contributed by atoms with van der Waals surface area (Å²) in [7, 11) is 0. The summed E-state index contributed by atoms with van der Waals surface area (Å²) in [5.41, 5.74) is 3.06. The van der Waals surface area contributed by atoms with Gasteiger partial charge in [0.1, 0.15) is 11.1 Å². The summed E-state index contributed by atoms with van der Waals surface area (Å²) in [6, 6.07) is 4.25. The number of fused-ring (bicyclic) bond motifs is 1. The second-order valence-corrected chi connectivity index (χ2v) is 7.89. The number of amides is 1. The van der Waals surface area contributed by atoms with E-state index in [2.05, 4.69) is 18.3 Å². The van der Waals surface area contributed by atoms with Gasteiger partial charge in [0, 0.05) is 9.75 Å². The summed E-state index contributed by atoms with van der Waals surface area (Å²) in [5.74, 6) is -0.0945. The predicted octanol–water partition coefficient (Wildman–Crippen LogP) is 4.68. The molecule has 0 saturated carbocycles. The van der Waals surface area contributed by atoms with Gasteiger partial charge in [0.2, 0.25) is 0 Å². The minimum Gasteiger partial charge on any atom is -0.312 e. The van der Waals surface area contributed by atoms with Gasteiger partial charge in [-0.15, -0.1) is 22.7 Å². The summed E-state index contributed by atoms with van der Waals surface area (Å²) in [4.78, 5) is 15.7. The number of aryl methyl sites for hydroxylation is 3. The Labute approximate surface area is 138 Å². The summed E-state index contributed by atoms with van der Waals surface area (Å²) in [5, 5.41) is 13.1. The SMILES string of the molecule is CCc1cc(C(=O)Nc2sc3c(c2C#N)CCCC3)sc1C. The highest BCUT2D eigenvalue weighted by molar-refractivity contribution is 7.17. The Morgan fingerprint density at radius 3 is 2.82 bits per heavy atom. The van der Waals surface area contributed by atoms with Gasteiger partial charge in [0.25, 0.3) is 5.91 Å². The Morgan fingerprint density at radius 1 is 1.36 bits per heavy atom. The molecule has 1 aliphatic carbocycles. The van der Waals surface area contributed by atoms with Crippen LogP contribution in [0.2, 0.25) is 0 Å². The number of carbonyl (C=O) groups is 1. The predicted molar refractivity (Wildman–Crippen MR) is 92.1 cm³/mol. The Bertz CT molecular complexity index is 764. The van der Waals surface area contributed by atoms with Crippen molar-refractivity contribution < 1.29 is 4.79 Å². The summed E-state index contributed by atoms with van der Waals surface area (Å²) in [6.07, 6.45) is 5.24. The van der Waals surface area contributed by atoms with Crippen molar-refractivity contribution in [2.45, 2.75) is 46.0 Å². The van der Waals surface area contributed by atoms with Crippen LogP contribution in [0.5, 0.6) is 0 Å². The number of nitrogens with one attached hydrogen (secondary N) is 1. The second-order valence-electron chi connectivity index (χ2n) is 5.53. The fourth-order valence-electron chi connectivity index (χ4n) is 2.92. The molecule has 3 nitrogen and oxygen atoms in total. The van der Waals surface area contributed by atoms with Crippen molar-refractivity contribution in [1.29, 1.82) is 5.26 Å². The highest BCUT2D eigenvalue weighted by Gasteiger charge is 2.22. The molecule has 0 unspecified atom stereocenters. The molecule has 2 heterocycles. The van der Waals surface area contributed by atoms with Crippen molar-refractivity contribution >= 4 is 33.6 Å². The highest BCUT2D eigenvalue weighted by atomic mass is 32.1. The summed E-state index contributed by atoms with van der Waals surface area (Å²) in [6.45, 7) is 4.14. The highest BCUT2D eigenvalue weighted by Crippen LogP contribution is 2.38. The molecule has 0 bridgehead atoms. The van der Waals surface area contributed by atoms with Crippen molar-refractivity contribution in [2.24, 2.45) is 0 Å². The molecular weight excluding hydrogens is 312 g/mol. The van der Waals surface area contributed by atoms with Crippen molar-refractivity contribution in [3.05, 3.63) is 37.4 Å². The van der Waals surface area contributed by atoms with Crippen molar-refractivity contribution in [1.82, 2.24) is 0 Å². The maximum absolute atomic E-state index is 12.5. The largest absolute Gasteiger partial charge is 0.312 e. The normalized spacial score (nSPS) is 13.5. The minimum atomic E-state index is -0.0945. The lowest BCUT2D eigenvalue weighted by molar-refractivity contribution is 0.103. The average Bonchev–Trinajstić information content (AvgIpc) is 3.06. The van der Waals surface area contributed by atoms with Crippen LogP contribution in [0.25, 0.3) is 0 Å². The lowest BCUT2D eigenvalue weighted by atomic mass is 9.96. The van der Waals surface area contributed by atoms with Crippen molar-refractivity contribution in [2.75, 3.05) is 5.32 Å². The standard InChI is InChI=1S/C17H18N2OS2/c1-3-11-8-15(21-10(11)2)16(20)19-17-13(9-18)12-6-4-5-7-14(12)22-17/h8H,3-7H2,1-2H3,(H,19,20). The molecule has 0 aliphatic heterocycles. The number of thiophene rings is 2. The third kappa shape index (κ3) is 2.69. The Morgan fingerprint density at radius 2 is 2.14 bits per heavy atom. The van der Waals surface area contributed by atoms with Crippen LogP contribution in [0.4, 0.5) is 5.00 Å². The fraction of sp³-hybridized carbons (Fsp3) is 0.412. The van der Waals surface area contributed by atoms with E-state index in [1.165, 1.54) is 33.1 Å². The molecule has 0 radical (unpaired) electrons. The van der Waals surface area contributed by atoms with E-state index < -0.39 is 0 Å². The van der Waals surface area contributed by atoms with E-state index in [9.17, 15) is 10.1 Å². The lowest BCUT2D eigenvalue weighted by Gasteiger charge is -2.09. The zero-order chi connectivity index (χ0) is 15.7. The molecular formula is C17H18N2OS2. The van der Waals surface area contributed by atoms with E-state index in [1.54, 1.807) is 11.3 Å². The van der Waals surface area contributed by atoms with Crippen molar-refractivity contribution in [3.63, 3.8) is 0 Å². The first-order chi connectivity index (χ1) is 10.6. The van der Waals surface area contributed by atoms with Crippen molar-refractivity contribution in [3.8, 4) is 6.07 Å². The molecule has 22 heavy (non-hydrogen) atoms. The maximum Gasteiger partial charge on any atom is 0.266 e. The van der Waals surface area contributed by atoms with Crippen LogP contribution in [0.3, 0.4) is 0 Å². The first kappa shape index (κ1) is 15.3. The number of carbonyl (C=O) groups excluding carboxylic acids is 1. The topological polar surface area (TPSA) is 52.9 Å².